The number of amides is 1. The summed E-state index contributed by atoms with van der Waals surface area (Å²) >= 11 is 1.06. The maximum absolute atomic E-state index is 13.7. The van der Waals surface area contributed by atoms with Crippen molar-refractivity contribution in [2.45, 2.75) is 6.92 Å². The van der Waals surface area contributed by atoms with Gasteiger partial charge in [-0.25, -0.2) is 0 Å². The molecule has 192 valence electrons. The zero-order valence-electron chi connectivity index (χ0n) is 21.3. The van der Waals surface area contributed by atoms with Crippen LogP contribution in [0.4, 0.5) is 5.69 Å². The molecule has 1 heterocycles. The van der Waals surface area contributed by atoms with Crippen LogP contribution in [0, 0.1) is 18.3 Å². The lowest BCUT2D eigenvalue weighted by molar-refractivity contribution is -0.111. The summed E-state index contributed by atoms with van der Waals surface area (Å²) < 4.78 is 17.8. The molecule has 38 heavy (non-hydrogen) atoms. The number of aromatic nitrogens is 1. The number of methoxy groups -OCH3 is 3. The molecule has 4 rings (SSSR count). The van der Waals surface area contributed by atoms with E-state index in [1.165, 1.54) is 11.7 Å². The third-order valence-electron chi connectivity index (χ3n) is 5.81. The average molecular weight is 528 g/mol. The lowest BCUT2D eigenvalue weighted by atomic mass is 10.2. The molecule has 1 amide bonds. The van der Waals surface area contributed by atoms with E-state index in [9.17, 15) is 14.9 Å². The molecular weight excluding hydrogens is 502 g/mol. The summed E-state index contributed by atoms with van der Waals surface area (Å²) in [6.07, 6.45) is 1.69. The number of thiazole rings is 1. The highest BCUT2D eigenvalue weighted by molar-refractivity contribution is 7.07. The molecule has 4 aromatic rings. The average Bonchev–Trinajstić information content (AvgIpc) is 3.25. The van der Waals surface area contributed by atoms with Crippen LogP contribution < -0.4 is 34.3 Å². The van der Waals surface area contributed by atoms with Crippen LogP contribution in [0.15, 0.2) is 71.5 Å². The molecule has 0 aliphatic heterocycles. The minimum absolute atomic E-state index is 0.182. The van der Waals surface area contributed by atoms with Crippen molar-refractivity contribution in [3.63, 3.8) is 0 Å². The topological polar surface area (TPSA) is 103 Å². The minimum Gasteiger partial charge on any atom is -0.497 e. The van der Waals surface area contributed by atoms with Gasteiger partial charge >= 0.3 is 0 Å². The molecule has 0 aliphatic carbocycles. The van der Waals surface area contributed by atoms with Crippen LogP contribution in [-0.4, -0.2) is 31.8 Å². The SMILES string of the molecule is COc1ccc(-n2c(=C(C#N)C(=O)Nc3ccccc3C)sc(=Cc3ccc(OC)c(OC)c3)c2=O)cc1. The number of benzene rings is 3. The predicted molar refractivity (Wildman–Crippen MR) is 148 cm³/mol. The van der Waals surface area contributed by atoms with E-state index in [4.69, 9.17) is 14.2 Å². The maximum Gasteiger partial charge on any atom is 0.273 e. The molecule has 1 aromatic heterocycles. The Balaban J connectivity index is 1.96. The number of nitrogens with one attached hydrogen (secondary N) is 1. The standard InChI is InChI=1S/C29H25N3O5S/c1-18-7-5-6-8-23(18)31-27(33)22(17-30)29-32(20-10-12-21(35-2)13-11-20)28(34)26(38-29)16-19-9-14-24(36-3)25(15-19)37-4/h5-16H,1-4H3,(H,31,33). The molecule has 9 heteroatoms. The van der Waals surface area contributed by atoms with Crippen molar-refractivity contribution in [3.05, 3.63) is 97.4 Å². The van der Waals surface area contributed by atoms with Crippen LogP contribution in [0.1, 0.15) is 11.1 Å². The number of aryl methyl sites for hydroxylation is 1. The fraction of sp³-hybridized carbons (Fsp3) is 0.138. The molecule has 0 unspecified atom stereocenters. The molecule has 0 fully saturated rings. The van der Waals surface area contributed by atoms with Crippen LogP contribution in [0.5, 0.6) is 17.2 Å². The molecule has 0 spiro atoms. The van der Waals surface area contributed by atoms with E-state index in [1.54, 1.807) is 74.9 Å². The van der Waals surface area contributed by atoms with E-state index in [0.29, 0.717) is 38.7 Å². The van der Waals surface area contributed by atoms with Crippen molar-refractivity contribution in [2.24, 2.45) is 0 Å². The second-order valence-corrected chi connectivity index (χ2v) is 9.16. The number of nitriles is 1. The predicted octanol–water partition coefficient (Wildman–Crippen LogP) is 3.38. The van der Waals surface area contributed by atoms with E-state index in [-0.39, 0.29) is 15.8 Å². The van der Waals surface area contributed by atoms with Crippen molar-refractivity contribution in [1.29, 1.82) is 5.26 Å². The number of anilines is 1. The lowest BCUT2D eigenvalue weighted by Crippen LogP contribution is -2.32. The van der Waals surface area contributed by atoms with Crippen molar-refractivity contribution < 1.29 is 19.0 Å². The number of hydrogen-bond donors (Lipinski definition) is 1. The molecule has 0 radical (unpaired) electrons. The zero-order chi connectivity index (χ0) is 27.2. The van der Waals surface area contributed by atoms with Gasteiger partial charge in [0.15, 0.2) is 17.1 Å². The Morgan fingerprint density at radius 1 is 0.974 bits per heavy atom. The molecule has 0 saturated heterocycles. The number of nitrogens with zero attached hydrogens (tertiary/aromatic N) is 2. The minimum atomic E-state index is -0.608. The van der Waals surface area contributed by atoms with Gasteiger partial charge < -0.3 is 19.5 Å². The molecule has 0 bridgehead atoms. The highest BCUT2D eigenvalue weighted by Gasteiger charge is 2.18. The molecule has 3 aromatic carbocycles. The number of carbonyl (C=O) groups excluding carboxylic acids is 1. The van der Waals surface area contributed by atoms with Gasteiger partial charge in [-0.05, 0) is 66.6 Å². The van der Waals surface area contributed by atoms with Crippen molar-refractivity contribution in [3.8, 4) is 29.0 Å². The fourth-order valence-corrected chi connectivity index (χ4v) is 4.91. The third-order valence-corrected chi connectivity index (χ3v) is 6.90. The van der Waals surface area contributed by atoms with E-state index < -0.39 is 5.91 Å². The highest BCUT2D eigenvalue weighted by Crippen LogP contribution is 2.27. The van der Waals surface area contributed by atoms with Crippen LogP contribution in [0.25, 0.3) is 17.3 Å². The lowest BCUT2D eigenvalue weighted by Gasteiger charge is -2.08. The summed E-state index contributed by atoms with van der Waals surface area (Å²) in [7, 11) is 4.62. The Morgan fingerprint density at radius 2 is 1.68 bits per heavy atom. The van der Waals surface area contributed by atoms with Crippen LogP contribution in [0.2, 0.25) is 0 Å². The second kappa shape index (κ2) is 11.5. The van der Waals surface area contributed by atoms with Gasteiger partial charge in [0, 0.05) is 5.69 Å². The number of hydrogen-bond acceptors (Lipinski definition) is 7. The number of carbonyl (C=O) groups is 1. The van der Waals surface area contributed by atoms with Gasteiger partial charge in [0.25, 0.3) is 11.5 Å². The third kappa shape index (κ3) is 5.31. The van der Waals surface area contributed by atoms with Crippen LogP contribution in [-0.2, 0) is 4.79 Å². The monoisotopic (exact) mass is 527 g/mol. The fourth-order valence-electron chi connectivity index (χ4n) is 3.80. The number of ether oxygens (including phenoxy) is 3. The Morgan fingerprint density at radius 3 is 2.32 bits per heavy atom. The molecule has 0 aliphatic rings. The van der Waals surface area contributed by atoms with Crippen LogP contribution >= 0.6 is 11.3 Å². The first-order valence-electron chi connectivity index (χ1n) is 11.5. The van der Waals surface area contributed by atoms with Gasteiger partial charge in [-0.1, -0.05) is 24.3 Å². The Kier molecular flexibility index (Phi) is 7.94. The van der Waals surface area contributed by atoms with E-state index in [1.807, 2.05) is 25.1 Å². The Hall–Kier alpha value is -4.81. The van der Waals surface area contributed by atoms with Gasteiger partial charge in [-0.3, -0.25) is 14.2 Å². The van der Waals surface area contributed by atoms with Crippen LogP contribution in [0.3, 0.4) is 0 Å². The first-order valence-corrected chi connectivity index (χ1v) is 12.3. The molecule has 0 atom stereocenters. The Bertz CT molecular complexity index is 1710. The molecular formula is C29H25N3O5S. The summed E-state index contributed by atoms with van der Waals surface area (Å²) in [4.78, 5) is 27.0. The molecule has 1 N–H and O–H groups in total. The van der Waals surface area contributed by atoms with Gasteiger partial charge in [-0.2, -0.15) is 5.26 Å². The van der Waals surface area contributed by atoms with Gasteiger partial charge in [0.2, 0.25) is 0 Å². The normalized spacial score (nSPS) is 11.9. The second-order valence-electron chi connectivity index (χ2n) is 8.12. The molecule has 0 saturated carbocycles. The van der Waals surface area contributed by atoms with Crippen molar-refractivity contribution in [2.75, 3.05) is 26.6 Å². The first kappa shape index (κ1) is 26.3. The molecule has 8 nitrogen and oxygen atoms in total. The quantitative estimate of drug-likeness (QED) is 0.395. The summed E-state index contributed by atoms with van der Waals surface area (Å²) in [6.45, 7) is 1.86. The largest absolute Gasteiger partial charge is 0.497 e. The van der Waals surface area contributed by atoms with E-state index in [2.05, 4.69) is 5.32 Å². The van der Waals surface area contributed by atoms with Crippen molar-refractivity contribution in [1.82, 2.24) is 4.57 Å². The van der Waals surface area contributed by atoms with Gasteiger partial charge in [0.1, 0.15) is 16.5 Å². The summed E-state index contributed by atoms with van der Waals surface area (Å²) in [6, 6.07) is 21.4. The number of rotatable bonds is 7. The van der Waals surface area contributed by atoms with E-state index >= 15 is 0 Å². The van der Waals surface area contributed by atoms with Gasteiger partial charge in [-0.15, -0.1) is 11.3 Å². The Labute approximate surface area is 223 Å². The van der Waals surface area contributed by atoms with Crippen molar-refractivity contribution >= 4 is 34.6 Å². The smallest absolute Gasteiger partial charge is 0.273 e. The number of para-hydroxylation sites is 1. The maximum atomic E-state index is 13.7. The van der Waals surface area contributed by atoms with Gasteiger partial charge in [0.05, 0.1) is 31.5 Å². The summed E-state index contributed by atoms with van der Waals surface area (Å²) in [5.74, 6) is 1.07. The summed E-state index contributed by atoms with van der Waals surface area (Å²) in [5, 5.41) is 12.8. The zero-order valence-corrected chi connectivity index (χ0v) is 22.1. The summed E-state index contributed by atoms with van der Waals surface area (Å²) in [5.41, 5.74) is 2.05. The van der Waals surface area contributed by atoms with E-state index in [0.717, 1.165) is 16.9 Å². The highest BCUT2D eigenvalue weighted by atomic mass is 32.1. The first-order chi connectivity index (χ1) is 18.4.